The van der Waals surface area contributed by atoms with Crippen LogP contribution in [0.1, 0.15) is 5.56 Å². The molecule has 0 saturated carbocycles. The van der Waals surface area contributed by atoms with Crippen LogP contribution in [0.25, 0.3) is 0 Å². The van der Waals surface area contributed by atoms with Crippen molar-refractivity contribution in [2.24, 2.45) is 4.99 Å². The Morgan fingerprint density at radius 2 is 2.19 bits per heavy atom. The fraction of sp³-hybridized carbons (Fsp3) is 0.273. The molecule has 0 aromatic heterocycles. The molecule has 1 aromatic carbocycles. The smallest absolute Gasteiger partial charge is 0.196 e. The largest absolute Gasteiger partial charge is 0.394 e. The summed E-state index contributed by atoms with van der Waals surface area (Å²) in [6.07, 6.45) is 1.67. The molecular formula is C11H11ClN2OS. The van der Waals surface area contributed by atoms with Crippen molar-refractivity contribution >= 4 is 35.1 Å². The Balaban J connectivity index is 2.16. The number of aliphatic imine (C=N–C) groups is 1. The van der Waals surface area contributed by atoms with Crippen molar-refractivity contribution in [3.8, 4) is 0 Å². The van der Waals surface area contributed by atoms with Crippen LogP contribution in [0, 0.1) is 0 Å². The second-order valence-corrected chi connectivity index (χ2v) is 4.30. The highest BCUT2D eigenvalue weighted by molar-refractivity contribution is 7.80. The lowest BCUT2D eigenvalue weighted by atomic mass is 10.2. The van der Waals surface area contributed by atoms with Crippen molar-refractivity contribution in [3.63, 3.8) is 0 Å². The molecule has 0 saturated heterocycles. The van der Waals surface area contributed by atoms with Crippen LogP contribution in [0.5, 0.6) is 0 Å². The van der Waals surface area contributed by atoms with Gasteiger partial charge in [-0.1, -0.05) is 29.8 Å². The number of halogens is 1. The van der Waals surface area contributed by atoms with Crippen molar-refractivity contribution in [3.05, 3.63) is 34.9 Å². The second-order valence-electron chi connectivity index (χ2n) is 3.53. The lowest BCUT2D eigenvalue weighted by Gasteiger charge is -2.23. The van der Waals surface area contributed by atoms with E-state index in [1.165, 1.54) is 0 Å². The number of aliphatic hydroxyl groups is 1. The molecule has 1 aliphatic heterocycles. The molecule has 1 atom stereocenters. The van der Waals surface area contributed by atoms with E-state index in [1.807, 2.05) is 29.2 Å². The molecule has 0 bridgehead atoms. The number of nitrogens with zero attached hydrogens (tertiary/aromatic N) is 2. The van der Waals surface area contributed by atoms with Gasteiger partial charge >= 0.3 is 0 Å². The maximum absolute atomic E-state index is 9.18. The summed E-state index contributed by atoms with van der Waals surface area (Å²) in [5, 5.41) is 10.4. The van der Waals surface area contributed by atoms with Gasteiger partial charge in [0.2, 0.25) is 0 Å². The van der Waals surface area contributed by atoms with Crippen molar-refractivity contribution in [1.29, 1.82) is 0 Å². The van der Waals surface area contributed by atoms with Gasteiger partial charge in [0.1, 0.15) is 0 Å². The van der Waals surface area contributed by atoms with E-state index in [0.717, 1.165) is 5.56 Å². The molecule has 0 aliphatic carbocycles. The van der Waals surface area contributed by atoms with Crippen LogP contribution >= 0.6 is 23.8 Å². The molecule has 1 N–H and O–H groups in total. The van der Waals surface area contributed by atoms with Gasteiger partial charge in [0.15, 0.2) is 5.11 Å². The fourth-order valence-corrected chi connectivity index (χ4v) is 2.04. The van der Waals surface area contributed by atoms with Crippen LogP contribution in [0.3, 0.4) is 0 Å². The molecule has 84 valence electrons. The predicted molar refractivity (Wildman–Crippen MR) is 69.0 cm³/mol. The third-order valence-corrected chi connectivity index (χ3v) is 3.20. The summed E-state index contributed by atoms with van der Waals surface area (Å²) in [5.41, 5.74) is 0.982. The molecule has 1 heterocycles. The van der Waals surface area contributed by atoms with Gasteiger partial charge in [-0.05, 0) is 23.8 Å². The first-order chi connectivity index (χ1) is 7.72. The molecule has 1 unspecified atom stereocenters. The quantitative estimate of drug-likeness (QED) is 0.837. The molecule has 5 heteroatoms. The zero-order chi connectivity index (χ0) is 11.5. The monoisotopic (exact) mass is 254 g/mol. The van der Waals surface area contributed by atoms with E-state index in [9.17, 15) is 5.11 Å². The Hall–Kier alpha value is -0.970. The lowest BCUT2D eigenvalue weighted by Crippen LogP contribution is -2.36. The predicted octanol–water partition coefficient (Wildman–Crippen LogP) is 1.87. The van der Waals surface area contributed by atoms with Crippen LogP contribution in [-0.2, 0) is 6.54 Å². The van der Waals surface area contributed by atoms with E-state index in [2.05, 4.69) is 4.99 Å². The van der Waals surface area contributed by atoms with Crippen molar-refractivity contribution in [2.45, 2.75) is 12.6 Å². The molecule has 1 aliphatic rings. The number of rotatable bonds is 3. The van der Waals surface area contributed by atoms with Gasteiger partial charge in [0.25, 0.3) is 0 Å². The summed E-state index contributed by atoms with van der Waals surface area (Å²) in [5.74, 6) is 0. The molecule has 3 nitrogen and oxygen atoms in total. The van der Waals surface area contributed by atoms with E-state index < -0.39 is 0 Å². The summed E-state index contributed by atoms with van der Waals surface area (Å²) in [6, 6.07) is 7.45. The minimum atomic E-state index is -0.135. The fourth-order valence-electron chi connectivity index (χ4n) is 1.59. The highest BCUT2D eigenvalue weighted by Crippen LogP contribution is 2.20. The third kappa shape index (κ3) is 2.24. The van der Waals surface area contributed by atoms with Crippen LogP contribution < -0.4 is 0 Å². The molecule has 0 spiro atoms. The van der Waals surface area contributed by atoms with Crippen molar-refractivity contribution in [1.82, 2.24) is 4.90 Å². The first-order valence-corrected chi connectivity index (χ1v) is 5.70. The summed E-state index contributed by atoms with van der Waals surface area (Å²) >= 11 is 11.2. The minimum Gasteiger partial charge on any atom is -0.394 e. The van der Waals surface area contributed by atoms with Gasteiger partial charge in [0, 0.05) is 17.8 Å². The van der Waals surface area contributed by atoms with E-state index >= 15 is 0 Å². The van der Waals surface area contributed by atoms with Gasteiger partial charge < -0.3 is 10.0 Å². The van der Waals surface area contributed by atoms with Gasteiger partial charge in [-0.2, -0.15) is 0 Å². The Kier molecular flexibility index (Phi) is 3.53. The average Bonchev–Trinajstić information content (AvgIpc) is 2.63. The number of hydrogen-bond acceptors (Lipinski definition) is 2. The molecule has 1 aromatic rings. The number of hydrogen-bond donors (Lipinski definition) is 1. The number of thiocarbonyl (C=S) groups is 1. The van der Waals surface area contributed by atoms with Gasteiger partial charge in [-0.3, -0.25) is 0 Å². The molecule has 0 radical (unpaired) electrons. The van der Waals surface area contributed by atoms with E-state index in [0.29, 0.717) is 16.7 Å². The average molecular weight is 255 g/mol. The topological polar surface area (TPSA) is 35.8 Å². The summed E-state index contributed by atoms with van der Waals surface area (Å²) < 4.78 is 0. The van der Waals surface area contributed by atoms with Gasteiger partial charge in [-0.25, -0.2) is 4.99 Å². The SMILES string of the molecule is OCC1C=NC(=S)N1Cc1ccccc1Cl. The van der Waals surface area contributed by atoms with E-state index in [-0.39, 0.29) is 12.6 Å². The minimum absolute atomic E-state index is 0.00803. The summed E-state index contributed by atoms with van der Waals surface area (Å²) in [4.78, 5) is 5.88. The number of aliphatic hydroxyl groups excluding tert-OH is 1. The molecule has 0 amide bonds. The summed E-state index contributed by atoms with van der Waals surface area (Å²) in [6.45, 7) is 0.581. The van der Waals surface area contributed by atoms with Crippen LogP contribution in [-0.4, -0.2) is 34.0 Å². The van der Waals surface area contributed by atoms with Crippen LogP contribution in [0.15, 0.2) is 29.3 Å². The Bertz CT molecular complexity index is 436. The van der Waals surface area contributed by atoms with Crippen molar-refractivity contribution < 1.29 is 5.11 Å². The number of benzene rings is 1. The zero-order valence-corrected chi connectivity index (χ0v) is 10.1. The highest BCUT2D eigenvalue weighted by Gasteiger charge is 2.24. The zero-order valence-electron chi connectivity index (χ0n) is 8.51. The van der Waals surface area contributed by atoms with Crippen molar-refractivity contribution in [2.75, 3.05) is 6.61 Å². The molecule has 16 heavy (non-hydrogen) atoms. The lowest BCUT2D eigenvalue weighted by molar-refractivity contribution is 0.224. The van der Waals surface area contributed by atoms with Crippen LogP contribution in [0.4, 0.5) is 0 Å². The first-order valence-electron chi connectivity index (χ1n) is 4.91. The maximum Gasteiger partial charge on any atom is 0.196 e. The van der Waals surface area contributed by atoms with E-state index in [1.54, 1.807) is 6.21 Å². The first kappa shape index (κ1) is 11.5. The Labute approximate surface area is 104 Å². The van der Waals surface area contributed by atoms with Gasteiger partial charge in [-0.15, -0.1) is 0 Å². The third-order valence-electron chi connectivity index (χ3n) is 2.49. The Morgan fingerprint density at radius 1 is 1.44 bits per heavy atom. The highest BCUT2D eigenvalue weighted by atomic mass is 35.5. The summed E-state index contributed by atoms with van der Waals surface area (Å²) in [7, 11) is 0. The Morgan fingerprint density at radius 3 is 2.88 bits per heavy atom. The van der Waals surface area contributed by atoms with E-state index in [4.69, 9.17) is 23.8 Å². The standard InChI is InChI=1S/C11H11ClN2OS/c12-10-4-2-1-3-8(10)6-14-9(7-15)5-13-11(14)16/h1-5,9,15H,6-7H2. The molecular weight excluding hydrogens is 244 g/mol. The maximum atomic E-state index is 9.18. The van der Waals surface area contributed by atoms with Crippen LogP contribution in [0.2, 0.25) is 5.02 Å². The molecule has 2 rings (SSSR count). The second kappa shape index (κ2) is 4.91. The van der Waals surface area contributed by atoms with Gasteiger partial charge in [0.05, 0.1) is 12.6 Å². The molecule has 0 fully saturated rings. The normalized spacial score (nSPS) is 19.5.